The Morgan fingerprint density at radius 1 is 0.824 bits per heavy atom. The van der Waals surface area contributed by atoms with E-state index >= 15 is 0 Å². The molecule has 0 aromatic heterocycles. The van der Waals surface area contributed by atoms with Gasteiger partial charge in [-0.1, -0.05) is 108 Å². The summed E-state index contributed by atoms with van der Waals surface area (Å²) < 4.78 is 0. The first kappa shape index (κ1) is 27.3. The van der Waals surface area contributed by atoms with Crippen molar-refractivity contribution >= 4 is 0 Å². The second kappa shape index (κ2) is 14.3. The first-order valence-electron chi connectivity index (χ1n) is 15.0. The summed E-state index contributed by atoms with van der Waals surface area (Å²) in [7, 11) is 0. The van der Waals surface area contributed by atoms with Gasteiger partial charge < -0.3 is 11.5 Å². The molecule has 0 aromatic rings. The molecule has 2 fully saturated rings. The van der Waals surface area contributed by atoms with Crippen LogP contribution in [0.1, 0.15) is 129 Å². The van der Waals surface area contributed by atoms with Gasteiger partial charge in [-0.05, 0) is 74.3 Å². The monoisotopic (exact) mass is 466 g/mol. The molecule has 3 rings (SSSR count). The predicted molar refractivity (Wildman–Crippen MR) is 149 cm³/mol. The Kier molecular flexibility index (Phi) is 11.5. The fourth-order valence-electron chi connectivity index (χ4n) is 6.79. The molecule has 2 atom stereocenters. The van der Waals surface area contributed by atoms with E-state index in [0.717, 1.165) is 18.5 Å². The Morgan fingerprint density at radius 3 is 2.03 bits per heavy atom. The maximum absolute atomic E-state index is 7.29. The van der Waals surface area contributed by atoms with E-state index in [2.05, 4.69) is 44.2 Å². The lowest BCUT2D eigenvalue weighted by atomic mass is 9.60. The van der Waals surface area contributed by atoms with Crippen molar-refractivity contribution in [2.75, 3.05) is 0 Å². The molecule has 34 heavy (non-hydrogen) atoms. The fourth-order valence-corrected chi connectivity index (χ4v) is 6.79. The van der Waals surface area contributed by atoms with Crippen LogP contribution in [0.5, 0.6) is 0 Å². The molecule has 0 heterocycles. The first-order valence-corrected chi connectivity index (χ1v) is 15.0. The van der Waals surface area contributed by atoms with Gasteiger partial charge in [0.05, 0.1) is 6.04 Å². The van der Waals surface area contributed by atoms with Crippen LogP contribution in [0, 0.1) is 17.3 Å². The van der Waals surface area contributed by atoms with Gasteiger partial charge in [-0.25, -0.2) is 0 Å². The summed E-state index contributed by atoms with van der Waals surface area (Å²) in [5.41, 5.74) is 18.1. The summed E-state index contributed by atoms with van der Waals surface area (Å²) in [6.45, 7) is 4.56. The van der Waals surface area contributed by atoms with Crippen molar-refractivity contribution in [2.45, 2.75) is 135 Å². The lowest BCUT2D eigenvalue weighted by Gasteiger charge is -2.46. The zero-order valence-corrected chi connectivity index (χ0v) is 22.5. The Morgan fingerprint density at radius 2 is 1.41 bits per heavy atom. The zero-order valence-electron chi connectivity index (χ0n) is 22.5. The number of hydrogen-bond acceptors (Lipinski definition) is 2. The van der Waals surface area contributed by atoms with Crippen molar-refractivity contribution in [3.8, 4) is 0 Å². The van der Waals surface area contributed by atoms with E-state index in [1.807, 2.05) is 0 Å². The van der Waals surface area contributed by atoms with Gasteiger partial charge in [-0.2, -0.15) is 0 Å². The van der Waals surface area contributed by atoms with E-state index < -0.39 is 0 Å². The van der Waals surface area contributed by atoms with Gasteiger partial charge >= 0.3 is 0 Å². The van der Waals surface area contributed by atoms with Gasteiger partial charge in [0.25, 0.3) is 0 Å². The maximum atomic E-state index is 7.29. The molecular weight excluding hydrogens is 412 g/mol. The number of nitrogens with two attached hydrogens (primary N) is 2. The molecule has 192 valence electrons. The van der Waals surface area contributed by atoms with Gasteiger partial charge in [-0.15, -0.1) is 0 Å². The van der Waals surface area contributed by atoms with Crippen molar-refractivity contribution in [2.24, 2.45) is 28.7 Å². The second-order valence-electron chi connectivity index (χ2n) is 11.4. The number of hydrogen-bond donors (Lipinski definition) is 2. The number of rotatable bonds is 12. The highest BCUT2D eigenvalue weighted by atomic mass is 14.7. The van der Waals surface area contributed by atoms with E-state index in [4.69, 9.17) is 11.5 Å². The van der Waals surface area contributed by atoms with Crippen LogP contribution in [-0.4, -0.2) is 6.04 Å². The maximum Gasteiger partial charge on any atom is 0.0531 e. The highest BCUT2D eigenvalue weighted by molar-refractivity contribution is 5.49. The van der Waals surface area contributed by atoms with Crippen molar-refractivity contribution < 1.29 is 0 Å². The Hall–Kier alpha value is -1.28. The minimum atomic E-state index is -0.140. The van der Waals surface area contributed by atoms with Crippen molar-refractivity contribution in [3.05, 3.63) is 47.2 Å². The quantitative estimate of drug-likeness (QED) is 0.223. The molecular formula is C32H54N2. The van der Waals surface area contributed by atoms with Crippen molar-refractivity contribution in [3.63, 3.8) is 0 Å². The lowest BCUT2D eigenvalue weighted by molar-refractivity contribution is 0.241. The lowest BCUT2D eigenvalue weighted by Crippen LogP contribution is -2.44. The van der Waals surface area contributed by atoms with E-state index in [9.17, 15) is 0 Å². The molecule has 0 bridgehead atoms. The van der Waals surface area contributed by atoms with Crippen LogP contribution in [0.4, 0.5) is 0 Å². The third kappa shape index (κ3) is 6.90. The number of unbranched alkanes of at least 4 members (excludes halogenated alkanes) is 6. The third-order valence-electron chi connectivity index (χ3n) is 8.86. The van der Waals surface area contributed by atoms with Gasteiger partial charge in [0, 0.05) is 11.1 Å². The van der Waals surface area contributed by atoms with Gasteiger partial charge in [-0.3, -0.25) is 0 Å². The van der Waals surface area contributed by atoms with E-state index in [0.29, 0.717) is 11.8 Å². The highest BCUT2D eigenvalue weighted by Crippen LogP contribution is 2.51. The average Bonchev–Trinajstić information content (AvgIpc) is 2.87. The zero-order chi connectivity index (χ0) is 24.2. The predicted octanol–water partition coefficient (Wildman–Crippen LogP) is 8.89. The minimum absolute atomic E-state index is 0.0317. The molecule has 0 radical (unpaired) electrons. The molecule has 2 heteroatoms. The molecule has 4 N–H and O–H groups in total. The van der Waals surface area contributed by atoms with E-state index in [1.165, 1.54) is 114 Å². The van der Waals surface area contributed by atoms with E-state index in [-0.39, 0.29) is 11.5 Å². The molecule has 0 saturated heterocycles. The van der Waals surface area contributed by atoms with Crippen LogP contribution in [0.3, 0.4) is 0 Å². The Labute approximate surface area is 211 Å². The summed E-state index contributed by atoms with van der Waals surface area (Å²) in [4.78, 5) is 0. The Bertz CT molecular complexity index is 715. The molecule has 0 aliphatic heterocycles. The van der Waals surface area contributed by atoms with Crippen LogP contribution in [0.15, 0.2) is 47.2 Å². The van der Waals surface area contributed by atoms with Gasteiger partial charge in [0.1, 0.15) is 0 Å². The second-order valence-corrected chi connectivity index (χ2v) is 11.4. The molecule has 0 spiro atoms. The largest absolute Gasteiger partial charge is 0.401 e. The minimum Gasteiger partial charge on any atom is -0.401 e. The fraction of sp³-hybridized carbons (Fsp3) is 0.750. The molecule has 0 aromatic carbocycles. The summed E-state index contributed by atoms with van der Waals surface area (Å²) in [5.74, 6) is 1.18. The van der Waals surface area contributed by atoms with Gasteiger partial charge in [0.2, 0.25) is 0 Å². The molecule has 3 aliphatic rings. The molecule has 2 unspecified atom stereocenters. The molecule has 2 nitrogen and oxygen atoms in total. The van der Waals surface area contributed by atoms with Gasteiger partial charge in [0.15, 0.2) is 0 Å². The van der Waals surface area contributed by atoms with Crippen LogP contribution in [0.2, 0.25) is 0 Å². The SMILES string of the molecule is CCCCC/C=C/C1=CC(/C=C/CCCCC)(C2CCCCC2)C(N)=C(C2CCCCC2)C1N. The van der Waals surface area contributed by atoms with Crippen LogP contribution < -0.4 is 11.5 Å². The molecule has 3 aliphatic carbocycles. The number of allylic oxidation sites excluding steroid dienone is 3. The molecule has 0 amide bonds. The molecule has 2 saturated carbocycles. The third-order valence-corrected chi connectivity index (χ3v) is 8.86. The van der Waals surface area contributed by atoms with E-state index in [1.54, 1.807) is 0 Å². The summed E-state index contributed by atoms with van der Waals surface area (Å²) in [5, 5.41) is 0. The van der Waals surface area contributed by atoms with Crippen molar-refractivity contribution in [1.82, 2.24) is 0 Å². The summed E-state index contributed by atoms with van der Waals surface area (Å²) in [6, 6.07) is -0.0317. The normalized spacial score (nSPS) is 27.7. The van der Waals surface area contributed by atoms with Crippen LogP contribution >= 0.6 is 0 Å². The first-order chi connectivity index (χ1) is 16.6. The van der Waals surface area contributed by atoms with Crippen molar-refractivity contribution in [1.29, 1.82) is 0 Å². The highest BCUT2D eigenvalue weighted by Gasteiger charge is 2.44. The topological polar surface area (TPSA) is 52.0 Å². The Balaban J connectivity index is 2.00. The van der Waals surface area contributed by atoms with Crippen LogP contribution in [-0.2, 0) is 0 Å². The average molecular weight is 467 g/mol. The van der Waals surface area contributed by atoms with Crippen LogP contribution in [0.25, 0.3) is 0 Å². The summed E-state index contributed by atoms with van der Waals surface area (Å²) >= 11 is 0. The summed E-state index contributed by atoms with van der Waals surface area (Å²) in [6.07, 6.45) is 35.5. The standard InChI is InChI=1S/C32H54N2/c1-3-5-7-9-13-21-27-25-32(24-18-10-8-6-4-2,28-22-16-12-17-23-28)31(34)29(30(27)33)26-19-14-11-15-20-26/h13,18,21,24-26,28,30H,3-12,14-17,19-20,22-23,33-34H2,1-2H3/b21-13+,24-18+. The smallest absolute Gasteiger partial charge is 0.0531 e.